The predicted octanol–water partition coefficient (Wildman–Crippen LogP) is 4.88. The van der Waals surface area contributed by atoms with Crippen LogP contribution in [-0.4, -0.2) is 0 Å². The first-order valence-electron chi connectivity index (χ1n) is 5.64. The highest BCUT2D eigenvalue weighted by Gasteiger charge is 2.13. The van der Waals surface area contributed by atoms with Gasteiger partial charge in [-0.05, 0) is 65.9 Å². The zero-order valence-corrected chi connectivity index (χ0v) is 12.2. The van der Waals surface area contributed by atoms with Gasteiger partial charge >= 0.3 is 0 Å². The van der Waals surface area contributed by atoms with Gasteiger partial charge in [-0.25, -0.2) is 13.2 Å². The average molecular weight is 377 g/mol. The minimum absolute atomic E-state index is 0.236. The fourth-order valence-corrected chi connectivity index (χ4v) is 2.40. The molecule has 0 saturated heterocycles. The van der Waals surface area contributed by atoms with Gasteiger partial charge in [-0.3, -0.25) is 0 Å². The highest BCUT2D eigenvalue weighted by Crippen LogP contribution is 2.26. The lowest BCUT2D eigenvalue weighted by atomic mass is 10.1. The molecule has 1 nitrogen and oxygen atoms in total. The largest absolute Gasteiger partial charge is 0.378 e. The van der Waals surface area contributed by atoms with Crippen LogP contribution < -0.4 is 5.32 Å². The second kappa shape index (κ2) is 5.81. The fraction of sp³-hybridized carbons (Fsp3) is 0.143. The maximum atomic E-state index is 13.6. The third-order valence-corrected chi connectivity index (χ3v) is 3.62. The zero-order valence-electron chi connectivity index (χ0n) is 10.1. The maximum absolute atomic E-state index is 13.6. The van der Waals surface area contributed by atoms with Crippen molar-refractivity contribution in [2.45, 2.75) is 13.0 Å². The molecule has 2 aromatic carbocycles. The van der Waals surface area contributed by atoms with Crippen LogP contribution in [0.5, 0.6) is 0 Å². The van der Waals surface area contributed by atoms with E-state index in [0.29, 0.717) is 9.26 Å². The molecule has 5 heteroatoms. The van der Waals surface area contributed by atoms with Crippen LogP contribution in [0.2, 0.25) is 0 Å². The van der Waals surface area contributed by atoms with Crippen molar-refractivity contribution in [3.63, 3.8) is 0 Å². The van der Waals surface area contributed by atoms with Crippen LogP contribution >= 0.6 is 22.6 Å². The number of halogens is 4. The molecule has 0 amide bonds. The van der Waals surface area contributed by atoms with Crippen molar-refractivity contribution in [1.29, 1.82) is 0 Å². The number of hydrogen-bond acceptors (Lipinski definition) is 1. The van der Waals surface area contributed by atoms with Gasteiger partial charge in [0.05, 0.1) is 6.04 Å². The normalized spacial score (nSPS) is 12.3. The van der Waals surface area contributed by atoms with Crippen LogP contribution in [0, 0.1) is 21.0 Å². The molecule has 0 radical (unpaired) electrons. The van der Waals surface area contributed by atoms with E-state index >= 15 is 0 Å². The quantitative estimate of drug-likeness (QED) is 0.752. The summed E-state index contributed by atoms with van der Waals surface area (Å²) < 4.78 is 40.4. The summed E-state index contributed by atoms with van der Waals surface area (Å²) in [4.78, 5) is 0. The minimum atomic E-state index is -0.487. The van der Waals surface area contributed by atoms with Gasteiger partial charge in [0.2, 0.25) is 0 Å². The van der Waals surface area contributed by atoms with Crippen LogP contribution in [0.4, 0.5) is 18.9 Å². The summed E-state index contributed by atoms with van der Waals surface area (Å²) in [6.45, 7) is 1.72. The van der Waals surface area contributed by atoms with Crippen LogP contribution in [0.1, 0.15) is 18.5 Å². The standard InChI is InChI=1S/C14H11F3IN/c1-8(11-6-9(15)2-4-12(11)17)19-14-5-3-10(16)7-13(14)18/h2-8,19H,1H3. The summed E-state index contributed by atoms with van der Waals surface area (Å²) in [5, 5.41) is 3.04. The Balaban J connectivity index is 2.25. The van der Waals surface area contributed by atoms with Gasteiger partial charge in [0.1, 0.15) is 17.5 Å². The SMILES string of the molecule is CC(Nc1ccc(F)cc1I)c1cc(F)ccc1F. The summed E-state index contributed by atoms with van der Waals surface area (Å²) in [6.07, 6.45) is 0. The Morgan fingerprint density at radius 2 is 1.63 bits per heavy atom. The third kappa shape index (κ3) is 3.40. The Bertz CT molecular complexity index is 601. The summed E-state index contributed by atoms with van der Waals surface area (Å²) in [7, 11) is 0. The molecule has 1 unspecified atom stereocenters. The summed E-state index contributed by atoms with van der Waals surface area (Å²) in [6, 6.07) is 7.17. The first-order chi connectivity index (χ1) is 8.97. The van der Waals surface area contributed by atoms with Crippen molar-refractivity contribution < 1.29 is 13.2 Å². The Morgan fingerprint density at radius 1 is 1.00 bits per heavy atom. The molecule has 0 fully saturated rings. The first-order valence-corrected chi connectivity index (χ1v) is 6.72. The molecule has 0 aliphatic carbocycles. The van der Waals surface area contributed by atoms with Crippen LogP contribution in [0.15, 0.2) is 36.4 Å². The van der Waals surface area contributed by atoms with Crippen molar-refractivity contribution in [3.8, 4) is 0 Å². The van der Waals surface area contributed by atoms with Crippen molar-refractivity contribution in [1.82, 2.24) is 0 Å². The minimum Gasteiger partial charge on any atom is -0.378 e. The molecule has 2 aromatic rings. The van der Waals surface area contributed by atoms with Crippen molar-refractivity contribution in [2.75, 3.05) is 5.32 Å². The van der Waals surface area contributed by atoms with Crippen LogP contribution in [0.3, 0.4) is 0 Å². The Labute approximate surface area is 123 Å². The number of rotatable bonds is 3. The highest BCUT2D eigenvalue weighted by molar-refractivity contribution is 14.1. The van der Waals surface area contributed by atoms with E-state index in [1.165, 1.54) is 12.1 Å². The van der Waals surface area contributed by atoms with Crippen molar-refractivity contribution in [2.24, 2.45) is 0 Å². The van der Waals surface area contributed by atoms with Crippen molar-refractivity contribution >= 4 is 28.3 Å². The topological polar surface area (TPSA) is 12.0 Å². The molecule has 0 heterocycles. The van der Waals surface area contributed by atoms with E-state index in [0.717, 1.165) is 18.2 Å². The number of hydrogen-bond donors (Lipinski definition) is 1. The Kier molecular flexibility index (Phi) is 4.34. The van der Waals surface area contributed by atoms with E-state index in [2.05, 4.69) is 5.32 Å². The smallest absolute Gasteiger partial charge is 0.128 e. The molecule has 19 heavy (non-hydrogen) atoms. The number of nitrogens with one attached hydrogen (secondary N) is 1. The van der Waals surface area contributed by atoms with E-state index in [-0.39, 0.29) is 11.4 Å². The van der Waals surface area contributed by atoms with Gasteiger partial charge < -0.3 is 5.32 Å². The molecular formula is C14H11F3IN. The summed E-state index contributed by atoms with van der Waals surface area (Å²) in [5.74, 6) is -1.29. The number of benzene rings is 2. The lowest BCUT2D eigenvalue weighted by molar-refractivity contribution is 0.577. The molecular weight excluding hydrogens is 366 g/mol. The van der Waals surface area contributed by atoms with Gasteiger partial charge in [-0.2, -0.15) is 0 Å². The molecule has 0 bridgehead atoms. The van der Waals surface area contributed by atoms with Gasteiger partial charge in [-0.1, -0.05) is 0 Å². The molecule has 0 saturated carbocycles. The molecule has 0 spiro atoms. The monoisotopic (exact) mass is 377 g/mol. The van der Waals surface area contributed by atoms with Crippen molar-refractivity contribution in [3.05, 3.63) is 63.0 Å². The van der Waals surface area contributed by atoms with Crippen LogP contribution in [-0.2, 0) is 0 Å². The summed E-state index contributed by atoms with van der Waals surface area (Å²) >= 11 is 1.98. The fourth-order valence-electron chi connectivity index (χ4n) is 1.76. The molecule has 100 valence electrons. The second-order valence-electron chi connectivity index (χ2n) is 4.16. The van der Waals surface area contributed by atoms with Gasteiger partial charge in [0, 0.05) is 14.8 Å². The Morgan fingerprint density at radius 3 is 2.32 bits per heavy atom. The predicted molar refractivity (Wildman–Crippen MR) is 77.5 cm³/mol. The zero-order chi connectivity index (χ0) is 14.0. The molecule has 2 rings (SSSR count). The molecule has 1 N–H and O–H groups in total. The maximum Gasteiger partial charge on any atom is 0.128 e. The Hall–Kier alpha value is -1.24. The third-order valence-electron chi connectivity index (χ3n) is 2.73. The lowest BCUT2D eigenvalue weighted by Gasteiger charge is -2.17. The van der Waals surface area contributed by atoms with E-state index in [1.807, 2.05) is 22.6 Å². The van der Waals surface area contributed by atoms with Gasteiger partial charge in [-0.15, -0.1) is 0 Å². The average Bonchev–Trinajstić information content (AvgIpc) is 2.35. The number of anilines is 1. The van der Waals surface area contributed by atoms with Crippen LogP contribution in [0.25, 0.3) is 0 Å². The second-order valence-corrected chi connectivity index (χ2v) is 5.32. The summed E-state index contributed by atoms with van der Waals surface area (Å²) in [5.41, 5.74) is 0.915. The molecule has 0 aliphatic heterocycles. The van der Waals surface area contributed by atoms with E-state index < -0.39 is 17.7 Å². The van der Waals surface area contributed by atoms with Gasteiger partial charge in [0.25, 0.3) is 0 Å². The van der Waals surface area contributed by atoms with E-state index in [4.69, 9.17) is 0 Å². The van der Waals surface area contributed by atoms with E-state index in [9.17, 15) is 13.2 Å². The van der Waals surface area contributed by atoms with E-state index in [1.54, 1.807) is 13.0 Å². The molecule has 0 aliphatic rings. The molecule has 0 aromatic heterocycles. The lowest BCUT2D eigenvalue weighted by Crippen LogP contribution is -2.10. The molecule has 1 atom stereocenters. The first kappa shape index (κ1) is 14.2. The highest BCUT2D eigenvalue weighted by atomic mass is 127. The van der Waals surface area contributed by atoms with Gasteiger partial charge in [0.15, 0.2) is 0 Å².